The summed E-state index contributed by atoms with van der Waals surface area (Å²) in [5.41, 5.74) is 3.28. The van der Waals surface area contributed by atoms with Gasteiger partial charge in [0.15, 0.2) is 15.9 Å². The van der Waals surface area contributed by atoms with Crippen LogP contribution in [0.3, 0.4) is 0 Å². The molecule has 0 aliphatic carbocycles. The van der Waals surface area contributed by atoms with Crippen LogP contribution in [-0.2, 0) is 22.9 Å². The van der Waals surface area contributed by atoms with Crippen molar-refractivity contribution in [1.29, 1.82) is 0 Å². The van der Waals surface area contributed by atoms with Gasteiger partial charge in [0.1, 0.15) is 11.5 Å². The summed E-state index contributed by atoms with van der Waals surface area (Å²) in [5, 5.41) is 0. The van der Waals surface area contributed by atoms with Crippen molar-refractivity contribution in [3.8, 4) is 22.6 Å². The maximum Gasteiger partial charge on any atom is 0.425 e. The number of carbonyl (C=O) groups is 1. The molecule has 6 nitrogen and oxygen atoms in total. The summed E-state index contributed by atoms with van der Waals surface area (Å²) in [6, 6.07) is 16.5. The van der Waals surface area contributed by atoms with E-state index in [9.17, 15) is 26.4 Å². The number of nitrogens with zero attached hydrogens (tertiary/aromatic N) is 1. The van der Waals surface area contributed by atoms with Crippen molar-refractivity contribution in [2.45, 2.75) is 37.2 Å². The van der Waals surface area contributed by atoms with Gasteiger partial charge in [0.2, 0.25) is 0 Å². The molecule has 1 heterocycles. The molecule has 0 N–H and O–H groups in total. The zero-order valence-electron chi connectivity index (χ0n) is 19.8. The van der Waals surface area contributed by atoms with Gasteiger partial charge in [0, 0.05) is 24.9 Å². The van der Waals surface area contributed by atoms with Crippen LogP contribution in [0.5, 0.6) is 11.5 Å². The number of amides is 1. The lowest BCUT2D eigenvalue weighted by atomic mass is 10.00. The summed E-state index contributed by atoms with van der Waals surface area (Å²) < 4.78 is 74.0. The fourth-order valence-electron chi connectivity index (χ4n) is 4.03. The van der Waals surface area contributed by atoms with E-state index >= 15 is 0 Å². The quantitative estimate of drug-likeness (QED) is 0.445. The minimum Gasteiger partial charge on any atom is -0.496 e. The fraction of sp³-hybridized carbons (Fsp3) is 0.269. The zero-order chi connectivity index (χ0) is 26.3. The summed E-state index contributed by atoms with van der Waals surface area (Å²) in [6.45, 7) is 1.25. The molecular weight excluding hydrogens is 495 g/mol. The van der Waals surface area contributed by atoms with Crippen molar-refractivity contribution in [2.75, 3.05) is 13.4 Å². The molecule has 1 aliphatic heterocycles. The molecule has 0 fully saturated rings. The van der Waals surface area contributed by atoms with Gasteiger partial charge < -0.3 is 14.4 Å². The summed E-state index contributed by atoms with van der Waals surface area (Å²) in [6.07, 6.45) is -5.89. The first-order valence-corrected chi connectivity index (χ1v) is 12.9. The van der Waals surface area contributed by atoms with Gasteiger partial charge in [-0.3, -0.25) is 4.79 Å². The Balaban J connectivity index is 1.66. The maximum absolute atomic E-state index is 13.5. The molecule has 36 heavy (non-hydrogen) atoms. The molecule has 0 radical (unpaired) electrons. The van der Waals surface area contributed by atoms with E-state index in [1.165, 1.54) is 4.90 Å². The molecule has 3 aromatic rings. The standard InChI is InChI=1S/C26H24F3NO5S/c1-16(26(27,28)29)35-24-11-10-20(36(3,32)33)13-22(24)25(31)30-14-18-9-8-17(12-19(18)15-30)21-6-4-5-7-23(21)34-2/h4-13,16H,14-15H2,1-3H3. The van der Waals surface area contributed by atoms with Crippen molar-refractivity contribution >= 4 is 15.7 Å². The van der Waals surface area contributed by atoms with Crippen LogP contribution >= 0.6 is 0 Å². The van der Waals surface area contributed by atoms with Gasteiger partial charge in [-0.1, -0.05) is 30.3 Å². The predicted octanol–water partition coefficient (Wildman–Crippen LogP) is 5.25. The van der Waals surface area contributed by atoms with Crippen molar-refractivity contribution < 1.29 is 35.9 Å². The molecule has 1 atom stereocenters. The lowest BCUT2D eigenvalue weighted by Crippen LogP contribution is -2.32. The number of alkyl halides is 3. The molecule has 1 unspecified atom stereocenters. The molecule has 0 spiro atoms. The first-order valence-electron chi connectivity index (χ1n) is 11.0. The van der Waals surface area contributed by atoms with E-state index in [1.54, 1.807) is 7.11 Å². The Kier molecular flexibility index (Phi) is 6.74. The molecule has 10 heteroatoms. The second kappa shape index (κ2) is 9.50. The third-order valence-electron chi connectivity index (χ3n) is 6.01. The van der Waals surface area contributed by atoms with Crippen LogP contribution in [0.4, 0.5) is 13.2 Å². The third-order valence-corrected chi connectivity index (χ3v) is 7.12. The highest BCUT2D eigenvalue weighted by Gasteiger charge is 2.39. The van der Waals surface area contributed by atoms with Crippen LogP contribution in [0.25, 0.3) is 11.1 Å². The Morgan fingerprint density at radius 1 is 0.972 bits per heavy atom. The van der Waals surface area contributed by atoms with Crippen molar-refractivity contribution in [1.82, 2.24) is 4.90 Å². The summed E-state index contributed by atoms with van der Waals surface area (Å²) in [4.78, 5) is 14.7. The average Bonchev–Trinajstić information content (AvgIpc) is 3.26. The first-order chi connectivity index (χ1) is 16.9. The molecule has 3 aromatic carbocycles. The summed E-state index contributed by atoms with van der Waals surface area (Å²) in [5.74, 6) is -0.260. The molecule has 0 saturated carbocycles. The van der Waals surface area contributed by atoms with E-state index in [1.807, 2.05) is 42.5 Å². The number of methoxy groups -OCH3 is 1. The first kappa shape index (κ1) is 25.6. The van der Waals surface area contributed by atoms with E-state index < -0.39 is 28.0 Å². The Morgan fingerprint density at radius 3 is 2.33 bits per heavy atom. The Labute approximate surface area is 207 Å². The molecule has 190 valence electrons. The van der Waals surface area contributed by atoms with E-state index in [4.69, 9.17) is 9.47 Å². The second-order valence-electron chi connectivity index (χ2n) is 8.58. The Bertz CT molecular complexity index is 1420. The Hall–Kier alpha value is -3.53. The zero-order valence-corrected chi connectivity index (χ0v) is 20.6. The van der Waals surface area contributed by atoms with Crippen LogP contribution in [0.2, 0.25) is 0 Å². The molecule has 1 amide bonds. The van der Waals surface area contributed by atoms with Crippen molar-refractivity contribution in [3.05, 3.63) is 77.4 Å². The number of rotatable bonds is 6. The van der Waals surface area contributed by atoms with E-state index in [-0.39, 0.29) is 29.3 Å². The minimum atomic E-state index is -4.66. The minimum absolute atomic E-state index is 0.187. The van der Waals surface area contributed by atoms with Gasteiger partial charge >= 0.3 is 6.18 Å². The molecule has 1 aliphatic rings. The van der Waals surface area contributed by atoms with Crippen molar-refractivity contribution in [2.24, 2.45) is 0 Å². The number of hydrogen-bond donors (Lipinski definition) is 0. The number of ether oxygens (including phenoxy) is 2. The topological polar surface area (TPSA) is 72.9 Å². The normalized spacial score (nSPS) is 14.3. The number of carbonyl (C=O) groups excluding carboxylic acids is 1. The molecular formula is C26H24F3NO5S. The monoisotopic (exact) mass is 519 g/mol. The highest BCUT2D eigenvalue weighted by Crippen LogP contribution is 2.35. The smallest absolute Gasteiger partial charge is 0.425 e. The van der Waals surface area contributed by atoms with E-state index in [2.05, 4.69) is 0 Å². The number of halogens is 3. The average molecular weight is 520 g/mol. The maximum atomic E-state index is 13.5. The van der Waals surface area contributed by atoms with Crippen LogP contribution in [0, 0.1) is 0 Å². The highest BCUT2D eigenvalue weighted by atomic mass is 32.2. The summed E-state index contributed by atoms with van der Waals surface area (Å²) >= 11 is 0. The lowest BCUT2D eigenvalue weighted by molar-refractivity contribution is -0.189. The van der Waals surface area contributed by atoms with Gasteiger partial charge in [-0.25, -0.2) is 8.42 Å². The highest BCUT2D eigenvalue weighted by molar-refractivity contribution is 7.90. The molecule has 4 rings (SSSR count). The number of fused-ring (bicyclic) bond motifs is 1. The molecule has 0 aromatic heterocycles. The number of sulfone groups is 1. The van der Waals surface area contributed by atoms with Gasteiger partial charge in [-0.2, -0.15) is 13.2 Å². The van der Waals surface area contributed by atoms with Crippen LogP contribution < -0.4 is 9.47 Å². The van der Waals surface area contributed by atoms with Crippen LogP contribution in [-0.4, -0.2) is 44.9 Å². The largest absolute Gasteiger partial charge is 0.496 e. The van der Waals surface area contributed by atoms with E-state index in [0.717, 1.165) is 53.6 Å². The van der Waals surface area contributed by atoms with Gasteiger partial charge in [-0.05, 0) is 53.9 Å². The van der Waals surface area contributed by atoms with Gasteiger partial charge in [0.05, 0.1) is 17.6 Å². The number of benzene rings is 3. The van der Waals surface area contributed by atoms with Gasteiger partial charge in [0.25, 0.3) is 5.91 Å². The van der Waals surface area contributed by atoms with Gasteiger partial charge in [-0.15, -0.1) is 0 Å². The molecule has 0 bridgehead atoms. The third kappa shape index (κ3) is 5.18. The van der Waals surface area contributed by atoms with Crippen LogP contribution in [0.1, 0.15) is 28.4 Å². The van der Waals surface area contributed by atoms with E-state index in [0.29, 0.717) is 5.75 Å². The predicted molar refractivity (Wildman–Crippen MR) is 128 cm³/mol. The fourth-order valence-corrected chi connectivity index (χ4v) is 4.67. The Morgan fingerprint density at radius 2 is 1.67 bits per heavy atom. The number of hydrogen-bond acceptors (Lipinski definition) is 5. The number of para-hydroxylation sites is 1. The van der Waals surface area contributed by atoms with Crippen LogP contribution in [0.15, 0.2) is 65.6 Å². The van der Waals surface area contributed by atoms with Crippen molar-refractivity contribution in [3.63, 3.8) is 0 Å². The molecule has 0 saturated heterocycles. The SMILES string of the molecule is COc1ccccc1-c1ccc2c(c1)CN(C(=O)c1cc(S(C)(=O)=O)ccc1OC(C)C(F)(F)F)C2. The second-order valence-corrected chi connectivity index (χ2v) is 10.6. The lowest BCUT2D eigenvalue weighted by Gasteiger charge is -2.22. The summed E-state index contributed by atoms with van der Waals surface area (Å²) in [7, 11) is -2.13.